The molecule has 3 rings (SSSR count). The summed E-state index contributed by atoms with van der Waals surface area (Å²) in [6.07, 6.45) is 4.97. The number of amides is 2. The number of rotatable bonds is 2. The molecule has 1 aromatic heterocycles. The second-order valence-corrected chi connectivity index (χ2v) is 5.23. The maximum absolute atomic E-state index is 12.4. The van der Waals surface area contributed by atoms with Crippen molar-refractivity contribution < 1.29 is 9.32 Å². The van der Waals surface area contributed by atoms with E-state index in [-0.39, 0.29) is 10.6 Å². The number of allylic oxidation sites excluding steroid dienone is 1. The zero-order valence-corrected chi connectivity index (χ0v) is 12.8. The van der Waals surface area contributed by atoms with Crippen molar-refractivity contribution in [2.45, 2.75) is 6.92 Å². The molecule has 0 bridgehead atoms. The standard InChI is InChI=1S/C15H13ClN4O2/c1-10-14(20(15(21)17-2)9-3-8-18-20)13(19-22-10)11-4-6-12(16)7-5-11/h3-9H,1-2H3/p+1. The van der Waals surface area contributed by atoms with Crippen LogP contribution in [0.15, 0.2) is 46.2 Å². The summed E-state index contributed by atoms with van der Waals surface area (Å²) in [6, 6.07) is 6.88. The number of hydrogen-bond acceptors (Lipinski definition) is 4. The molecule has 1 aliphatic rings. The smallest absolute Gasteiger partial charge is 0.354 e. The third-order valence-corrected chi connectivity index (χ3v) is 3.70. The molecule has 6 nitrogen and oxygen atoms in total. The van der Waals surface area contributed by atoms with Crippen LogP contribution in [0, 0.1) is 6.92 Å². The molecule has 0 radical (unpaired) electrons. The Kier molecular flexibility index (Phi) is 3.56. The lowest BCUT2D eigenvalue weighted by molar-refractivity contribution is 0.219. The number of aryl methyl sites for hydroxylation is 1. The lowest BCUT2D eigenvalue weighted by Gasteiger charge is -2.21. The maximum Gasteiger partial charge on any atom is 0.453 e. The fourth-order valence-corrected chi connectivity index (χ4v) is 2.56. The zero-order chi connectivity index (χ0) is 15.7. The van der Waals surface area contributed by atoms with Crippen LogP contribution < -0.4 is 9.91 Å². The summed E-state index contributed by atoms with van der Waals surface area (Å²) in [4.78, 5) is 12.4. The maximum atomic E-state index is 12.4. The molecule has 1 unspecified atom stereocenters. The number of aromatic nitrogens is 1. The van der Waals surface area contributed by atoms with Crippen LogP contribution in [0.3, 0.4) is 0 Å². The van der Waals surface area contributed by atoms with Gasteiger partial charge in [-0.1, -0.05) is 38.6 Å². The van der Waals surface area contributed by atoms with Gasteiger partial charge in [0.25, 0.3) is 0 Å². The number of carbonyl (C=O) groups is 1. The van der Waals surface area contributed by atoms with E-state index in [0.717, 1.165) is 5.56 Å². The van der Waals surface area contributed by atoms with E-state index in [0.29, 0.717) is 22.2 Å². The van der Waals surface area contributed by atoms with E-state index in [1.807, 2.05) is 12.1 Å². The summed E-state index contributed by atoms with van der Waals surface area (Å²) >= 11 is 5.92. The molecule has 112 valence electrons. The van der Waals surface area contributed by atoms with Crippen molar-refractivity contribution in [2.75, 3.05) is 7.05 Å². The van der Waals surface area contributed by atoms with Crippen LogP contribution in [0.25, 0.3) is 11.3 Å². The Morgan fingerprint density at radius 1 is 1.32 bits per heavy atom. The number of nitrogens with zero attached hydrogens (tertiary/aromatic N) is 3. The highest BCUT2D eigenvalue weighted by molar-refractivity contribution is 6.30. The number of halogens is 1. The molecule has 2 heterocycles. The topological polar surface area (TPSA) is 67.5 Å². The van der Waals surface area contributed by atoms with Crippen molar-refractivity contribution in [3.05, 3.63) is 47.3 Å². The molecule has 2 aromatic rings. The average Bonchev–Trinajstić information content (AvgIpc) is 3.15. The molecule has 0 spiro atoms. The first-order chi connectivity index (χ1) is 10.6. The predicted octanol–water partition coefficient (Wildman–Crippen LogP) is 3.46. The van der Waals surface area contributed by atoms with Crippen LogP contribution in [-0.2, 0) is 0 Å². The molecule has 1 N–H and O–H groups in total. The number of nitrogens with one attached hydrogen (secondary N) is 1. The molecule has 7 heteroatoms. The third kappa shape index (κ3) is 2.13. The van der Waals surface area contributed by atoms with E-state index in [9.17, 15) is 4.79 Å². The summed E-state index contributed by atoms with van der Waals surface area (Å²) in [6.45, 7) is 1.76. The molecular weight excluding hydrogens is 304 g/mol. The Hall–Kier alpha value is -2.44. The summed E-state index contributed by atoms with van der Waals surface area (Å²) < 4.78 is 4.97. The molecule has 1 atom stereocenters. The first-order valence-electron chi connectivity index (χ1n) is 6.66. The van der Waals surface area contributed by atoms with Crippen LogP contribution in [0.5, 0.6) is 0 Å². The second-order valence-electron chi connectivity index (χ2n) is 4.79. The van der Waals surface area contributed by atoms with Crippen molar-refractivity contribution in [3.63, 3.8) is 0 Å². The van der Waals surface area contributed by atoms with Gasteiger partial charge in [-0.15, -0.1) is 0 Å². The molecule has 0 aliphatic carbocycles. The summed E-state index contributed by atoms with van der Waals surface area (Å²) in [5.74, 6) is 0.525. The van der Waals surface area contributed by atoms with E-state index in [2.05, 4.69) is 15.6 Å². The SMILES string of the molecule is CNC(=O)[N+]1(c2c(-c3ccc(Cl)cc3)noc2C)C=CC=N1. The van der Waals surface area contributed by atoms with Gasteiger partial charge >= 0.3 is 6.03 Å². The lowest BCUT2D eigenvalue weighted by Crippen LogP contribution is -2.49. The van der Waals surface area contributed by atoms with Gasteiger partial charge in [-0.25, -0.2) is 4.79 Å². The summed E-state index contributed by atoms with van der Waals surface area (Å²) in [7, 11) is 1.56. The molecule has 22 heavy (non-hydrogen) atoms. The van der Waals surface area contributed by atoms with Crippen LogP contribution in [0.1, 0.15) is 5.76 Å². The Labute approximate surface area is 132 Å². The van der Waals surface area contributed by atoms with Gasteiger partial charge in [0.15, 0.2) is 11.5 Å². The summed E-state index contributed by atoms with van der Waals surface area (Å²) in [5, 5.41) is 11.7. The van der Waals surface area contributed by atoms with Crippen LogP contribution in [-0.4, -0.2) is 24.5 Å². The molecular formula is C15H14ClN4O2+. The highest BCUT2D eigenvalue weighted by Gasteiger charge is 2.46. The summed E-state index contributed by atoms with van der Waals surface area (Å²) in [5.41, 5.74) is 1.93. The van der Waals surface area contributed by atoms with Crippen LogP contribution in [0.4, 0.5) is 10.5 Å². The quantitative estimate of drug-likeness (QED) is 0.862. The van der Waals surface area contributed by atoms with E-state index in [4.69, 9.17) is 16.1 Å². The highest BCUT2D eigenvalue weighted by atomic mass is 35.5. The normalized spacial score (nSPS) is 19.6. The number of hydrogen-bond donors (Lipinski definition) is 1. The van der Waals surface area contributed by atoms with Crippen molar-refractivity contribution in [3.8, 4) is 11.3 Å². The van der Waals surface area contributed by atoms with Gasteiger partial charge in [0.1, 0.15) is 6.20 Å². The van der Waals surface area contributed by atoms with Crippen molar-refractivity contribution in [2.24, 2.45) is 5.10 Å². The van der Waals surface area contributed by atoms with Gasteiger partial charge in [-0.05, 0) is 12.1 Å². The number of benzene rings is 1. The van der Waals surface area contributed by atoms with Gasteiger partial charge in [0.05, 0.1) is 6.21 Å². The number of urea groups is 1. The highest BCUT2D eigenvalue weighted by Crippen LogP contribution is 2.40. The molecule has 2 amide bonds. The minimum absolute atomic E-state index is 0.300. The van der Waals surface area contributed by atoms with Crippen molar-refractivity contribution >= 4 is 29.5 Å². The second kappa shape index (κ2) is 5.40. The average molecular weight is 318 g/mol. The molecule has 0 fully saturated rings. The van der Waals surface area contributed by atoms with E-state index in [1.165, 1.54) is 0 Å². The monoisotopic (exact) mass is 317 g/mol. The van der Waals surface area contributed by atoms with E-state index >= 15 is 0 Å². The van der Waals surface area contributed by atoms with Gasteiger partial charge in [-0.3, -0.25) is 0 Å². The Morgan fingerprint density at radius 3 is 2.64 bits per heavy atom. The van der Waals surface area contributed by atoms with Gasteiger partial charge in [0.2, 0.25) is 5.69 Å². The predicted molar refractivity (Wildman–Crippen MR) is 85.6 cm³/mol. The van der Waals surface area contributed by atoms with Crippen LogP contribution in [0.2, 0.25) is 5.02 Å². The van der Waals surface area contributed by atoms with Gasteiger partial charge in [-0.2, -0.15) is 0 Å². The Bertz CT molecular complexity index is 765. The first-order valence-corrected chi connectivity index (χ1v) is 7.03. The van der Waals surface area contributed by atoms with Gasteiger partial charge < -0.3 is 9.84 Å². The molecule has 0 saturated heterocycles. The fourth-order valence-electron chi connectivity index (χ4n) is 2.44. The van der Waals surface area contributed by atoms with Crippen LogP contribution >= 0.6 is 11.6 Å². The lowest BCUT2D eigenvalue weighted by atomic mass is 10.1. The number of quaternary nitrogens is 1. The Balaban J connectivity index is 2.21. The largest absolute Gasteiger partial charge is 0.453 e. The van der Waals surface area contributed by atoms with E-state index < -0.39 is 0 Å². The fraction of sp³-hybridized carbons (Fsp3) is 0.133. The van der Waals surface area contributed by atoms with E-state index in [1.54, 1.807) is 44.6 Å². The molecule has 1 aliphatic heterocycles. The minimum atomic E-state index is -0.357. The number of carbonyl (C=O) groups excluding carboxylic acids is 1. The molecule has 1 aromatic carbocycles. The Morgan fingerprint density at radius 2 is 2.05 bits per heavy atom. The van der Waals surface area contributed by atoms with Gasteiger partial charge in [0, 0.05) is 30.6 Å². The minimum Gasteiger partial charge on any atom is -0.354 e. The molecule has 0 saturated carbocycles. The zero-order valence-electron chi connectivity index (χ0n) is 12.1. The van der Waals surface area contributed by atoms with Crippen molar-refractivity contribution in [1.29, 1.82) is 0 Å². The van der Waals surface area contributed by atoms with Crippen molar-refractivity contribution in [1.82, 2.24) is 15.1 Å². The third-order valence-electron chi connectivity index (χ3n) is 3.45. The first kappa shape index (κ1) is 14.5.